The standard InChI is InChI=1S/C14H20N2O3/c1-2-4-13(7-8-13)9-16-11(18)14(5-3-6-14)10(17)15-12(16)19/h2-9H2,1H3,(H,15,17,19). The molecule has 0 atom stereocenters. The number of hydrogen-bond acceptors (Lipinski definition) is 3. The highest BCUT2D eigenvalue weighted by molar-refractivity contribution is 6.19. The fourth-order valence-corrected chi connectivity index (χ4v) is 3.38. The first kappa shape index (κ1) is 12.6. The number of barbiturate groups is 1. The van der Waals surface area contributed by atoms with Crippen molar-refractivity contribution in [3.63, 3.8) is 0 Å². The monoisotopic (exact) mass is 264 g/mol. The Balaban J connectivity index is 1.79. The summed E-state index contributed by atoms with van der Waals surface area (Å²) in [4.78, 5) is 37.6. The summed E-state index contributed by atoms with van der Waals surface area (Å²) >= 11 is 0. The molecule has 1 spiro atoms. The predicted octanol–water partition coefficient (Wildman–Crippen LogP) is 1.82. The van der Waals surface area contributed by atoms with Crippen molar-refractivity contribution in [2.24, 2.45) is 10.8 Å². The van der Waals surface area contributed by atoms with Crippen LogP contribution in [0.4, 0.5) is 4.79 Å². The summed E-state index contributed by atoms with van der Waals surface area (Å²) in [7, 11) is 0. The Kier molecular flexibility index (Phi) is 2.69. The number of amides is 4. The molecule has 2 saturated carbocycles. The van der Waals surface area contributed by atoms with Crippen molar-refractivity contribution in [1.29, 1.82) is 0 Å². The first-order valence-corrected chi connectivity index (χ1v) is 7.20. The fraction of sp³-hybridized carbons (Fsp3) is 0.786. The quantitative estimate of drug-likeness (QED) is 0.787. The average molecular weight is 264 g/mol. The zero-order valence-corrected chi connectivity index (χ0v) is 11.3. The highest BCUT2D eigenvalue weighted by atomic mass is 16.2. The van der Waals surface area contributed by atoms with Crippen molar-refractivity contribution in [1.82, 2.24) is 10.2 Å². The van der Waals surface area contributed by atoms with Crippen LogP contribution in [0, 0.1) is 10.8 Å². The largest absolute Gasteiger partial charge is 0.330 e. The van der Waals surface area contributed by atoms with Crippen LogP contribution in [0.25, 0.3) is 0 Å². The van der Waals surface area contributed by atoms with Crippen LogP contribution in [0.3, 0.4) is 0 Å². The topological polar surface area (TPSA) is 66.5 Å². The van der Waals surface area contributed by atoms with Crippen molar-refractivity contribution in [3.05, 3.63) is 0 Å². The molecule has 0 bridgehead atoms. The van der Waals surface area contributed by atoms with E-state index in [1.807, 2.05) is 0 Å². The maximum atomic E-state index is 12.5. The number of carbonyl (C=O) groups is 3. The van der Waals surface area contributed by atoms with Crippen molar-refractivity contribution >= 4 is 17.8 Å². The van der Waals surface area contributed by atoms with Gasteiger partial charge in [-0.2, -0.15) is 0 Å². The van der Waals surface area contributed by atoms with Crippen molar-refractivity contribution < 1.29 is 14.4 Å². The molecular formula is C14H20N2O3. The summed E-state index contributed by atoms with van der Waals surface area (Å²) in [5, 5.41) is 2.37. The van der Waals surface area contributed by atoms with Crippen LogP contribution >= 0.6 is 0 Å². The van der Waals surface area contributed by atoms with E-state index in [9.17, 15) is 14.4 Å². The van der Waals surface area contributed by atoms with E-state index in [4.69, 9.17) is 0 Å². The number of carbonyl (C=O) groups excluding carboxylic acids is 3. The van der Waals surface area contributed by atoms with E-state index in [1.54, 1.807) is 0 Å². The first-order valence-electron chi connectivity index (χ1n) is 7.20. The van der Waals surface area contributed by atoms with Gasteiger partial charge in [-0.3, -0.25) is 19.8 Å². The third-order valence-electron chi connectivity index (χ3n) is 4.99. The lowest BCUT2D eigenvalue weighted by atomic mass is 9.66. The summed E-state index contributed by atoms with van der Waals surface area (Å²) in [5.41, 5.74) is -0.788. The van der Waals surface area contributed by atoms with Gasteiger partial charge >= 0.3 is 6.03 Å². The molecule has 5 nitrogen and oxygen atoms in total. The highest BCUT2D eigenvalue weighted by Gasteiger charge is 2.59. The van der Waals surface area contributed by atoms with Gasteiger partial charge in [0.15, 0.2) is 0 Å². The molecule has 3 fully saturated rings. The molecule has 4 amide bonds. The Morgan fingerprint density at radius 3 is 2.32 bits per heavy atom. The van der Waals surface area contributed by atoms with E-state index in [0.717, 1.165) is 32.1 Å². The van der Waals surface area contributed by atoms with E-state index < -0.39 is 11.4 Å². The molecule has 0 radical (unpaired) electrons. The highest BCUT2D eigenvalue weighted by Crippen LogP contribution is 2.52. The van der Waals surface area contributed by atoms with E-state index in [1.165, 1.54) is 4.90 Å². The molecule has 2 aliphatic carbocycles. The smallest absolute Gasteiger partial charge is 0.277 e. The Morgan fingerprint density at radius 2 is 1.84 bits per heavy atom. The van der Waals surface area contributed by atoms with Crippen LogP contribution in [-0.4, -0.2) is 29.3 Å². The van der Waals surface area contributed by atoms with E-state index in [2.05, 4.69) is 12.2 Å². The molecule has 1 aliphatic heterocycles. The number of rotatable bonds is 4. The maximum Gasteiger partial charge on any atom is 0.330 e. The first-order chi connectivity index (χ1) is 9.03. The van der Waals surface area contributed by atoms with Gasteiger partial charge in [-0.05, 0) is 37.5 Å². The Labute approximate surface area is 112 Å². The normalized spacial score (nSPS) is 27.2. The average Bonchev–Trinajstić information content (AvgIpc) is 3.03. The predicted molar refractivity (Wildman–Crippen MR) is 68.1 cm³/mol. The summed E-state index contributed by atoms with van der Waals surface area (Å²) < 4.78 is 0. The lowest BCUT2D eigenvalue weighted by Crippen LogP contribution is -2.66. The zero-order valence-electron chi connectivity index (χ0n) is 11.3. The van der Waals surface area contributed by atoms with Gasteiger partial charge in [-0.15, -0.1) is 0 Å². The molecule has 0 aromatic rings. The molecule has 0 unspecified atom stereocenters. The summed E-state index contributed by atoms with van der Waals surface area (Å²) in [5.74, 6) is -0.639. The molecule has 1 heterocycles. The number of urea groups is 1. The minimum atomic E-state index is -0.920. The van der Waals surface area contributed by atoms with E-state index in [-0.39, 0.29) is 17.2 Å². The van der Waals surface area contributed by atoms with E-state index in [0.29, 0.717) is 19.4 Å². The minimum Gasteiger partial charge on any atom is -0.277 e. The minimum absolute atomic E-state index is 0.132. The Morgan fingerprint density at radius 1 is 1.16 bits per heavy atom. The van der Waals surface area contributed by atoms with Crippen molar-refractivity contribution in [3.8, 4) is 0 Å². The van der Waals surface area contributed by atoms with Crippen LogP contribution in [0.2, 0.25) is 0 Å². The molecule has 104 valence electrons. The van der Waals surface area contributed by atoms with Crippen molar-refractivity contribution in [2.75, 3.05) is 6.54 Å². The van der Waals surface area contributed by atoms with E-state index >= 15 is 0 Å². The Bertz CT molecular complexity index is 450. The van der Waals surface area contributed by atoms with Crippen molar-refractivity contribution in [2.45, 2.75) is 51.9 Å². The van der Waals surface area contributed by atoms with Gasteiger partial charge in [0.05, 0.1) is 0 Å². The molecule has 19 heavy (non-hydrogen) atoms. The maximum absolute atomic E-state index is 12.5. The second kappa shape index (κ2) is 4.05. The van der Waals surface area contributed by atoms with Gasteiger partial charge in [0.2, 0.25) is 11.8 Å². The van der Waals surface area contributed by atoms with Crippen LogP contribution in [0.1, 0.15) is 51.9 Å². The number of imide groups is 2. The molecule has 1 N–H and O–H groups in total. The van der Waals surface area contributed by atoms with Crippen LogP contribution in [-0.2, 0) is 9.59 Å². The Hall–Kier alpha value is -1.39. The lowest BCUT2D eigenvalue weighted by molar-refractivity contribution is -0.158. The molecule has 1 saturated heterocycles. The number of nitrogens with one attached hydrogen (secondary N) is 1. The molecule has 3 aliphatic rings. The fourth-order valence-electron chi connectivity index (χ4n) is 3.38. The summed E-state index contributed by atoms with van der Waals surface area (Å²) in [6, 6.07) is -0.519. The number of hydrogen-bond donors (Lipinski definition) is 1. The zero-order chi connectivity index (χ0) is 13.7. The van der Waals surface area contributed by atoms with Crippen LogP contribution in [0.5, 0.6) is 0 Å². The molecule has 3 rings (SSSR count). The molecule has 0 aromatic carbocycles. The van der Waals surface area contributed by atoms with Gasteiger partial charge in [0.25, 0.3) is 0 Å². The SMILES string of the molecule is CCCC1(CN2C(=O)NC(=O)C3(CCC3)C2=O)CC1. The second-order valence-electron chi connectivity index (χ2n) is 6.34. The summed E-state index contributed by atoms with van der Waals surface area (Å²) in [6.45, 7) is 2.61. The molecule has 5 heteroatoms. The van der Waals surface area contributed by atoms with Gasteiger partial charge in [-0.25, -0.2) is 4.79 Å². The third kappa shape index (κ3) is 1.78. The second-order valence-corrected chi connectivity index (χ2v) is 6.34. The summed E-state index contributed by atoms with van der Waals surface area (Å²) in [6.07, 6.45) is 6.34. The molecule has 0 aromatic heterocycles. The third-order valence-corrected chi connectivity index (χ3v) is 4.99. The van der Waals surface area contributed by atoms with Gasteiger partial charge in [-0.1, -0.05) is 19.8 Å². The van der Waals surface area contributed by atoms with Crippen LogP contribution < -0.4 is 5.32 Å². The number of nitrogens with zero attached hydrogens (tertiary/aromatic N) is 1. The van der Waals surface area contributed by atoms with Gasteiger partial charge in [0, 0.05) is 6.54 Å². The van der Waals surface area contributed by atoms with Gasteiger partial charge in [0.1, 0.15) is 5.41 Å². The molecular weight excluding hydrogens is 244 g/mol. The van der Waals surface area contributed by atoms with Gasteiger partial charge < -0.3 is 0 Å². The van der Waals surface area contributed by atoms with Crippen LogP contribution in [0.15, 0.2) is 0 Å². The lowest BCUT2D eigenvalue weighted by Gasteiger charge is -2.45.